The van der Waals surface area contributed by atoms with Crippen molar-refractivity contribution in [1.82, 2.24) is 4.98 Å². The zero-order chi connectivity index (χ0) is 18.5. The molecule has 7 heteroatoms. The first kappa shape index (κ1) is 17.7. The molecule has 1 aromatic heterocycles. The fraction of sp³-hybridized carbons (Fsp3) is 0. The second-order valence-corrected chi connectivity index (χ2v) is 6.03. The summed E-state index contributed by atoms with van der Waals surface area (Å²) >= 11 is 11.9. The summed E-state index contributed by atoms with van der Waals surface area (Å²) in [5.41, 5.74) is 1.20. The Balaban J connectivity index is 1.85. The normalized spacial score (nSPS) is 10.0. The van der Waals surface area contributed by atoms with Gasteiger partial charge in [-0.15, -0.1) is 0 Å². The molecule has 5 nitrogen and oxygen atoms in total. The molecule has 0 unspecified atom stereocenters. The van der Waals surface area contributed by atoms with Crippen molar-refractivity contribution in [2.75, 3.05) is 5.32 Å². The van der Waals surface area contributed by atoms with Crippen LogP contribution in [-0.2, 0) is 0 Å². The molecule has 1 heterocycles. The van der Waals surface area contributed by atoms with Gasteiger partial charge < -0.3 is 10.1 Å². The summed E-state index contributed by atoms with van der Waals surface area (Å²) in [6.07, 6.45) is 1.41. The Kier molecular flexibility index (Phi) is 5.37. The van der Waals surface area contributed by atoms with Gasteiger partial charge in [0.25, 0.3) is 5.91 Å². The average Bonchev–Trinajstić information content (AvgIpc) is 2.65. The van der Waals surface area contributed by atoms with E-state index in [1.165, 1.54) is 18.3 Å². The van der Waals surface area contributed by atoms with Gasteiger partial charge >= 0.3 is 0 Å². The fourth-order valence-corrected chi connectivity index (χ4v) is 2.58. The highest BCUT2D eigenvalue weighted by Gasteiger charge is 2.13. The number of nitriles is 1. The fourth-order valence-electron chi connectivity index (χ4n) is 2.16. The van der Waals surface area contributed by atoms with Gasteiger partial charge in [0.2, 0.25) is 5.88 Å². The van der Waals surface area contributed by atoms with E-state index in [0.29, 0.717) is 27.6 Å². The quantitative estimate of drug-likeness (QED) is 0.662. The second-order valence-electron chi connectivity index (χ2n) is 5.19. The van der Waals surface area contributed by atoms with Crippen molar-refractivity contribution < 1.29 is 9.53 Å². The SMILES string of the molecule is N#Cc1cccc(C(=O)Nc2ccccc2Oc2ncc(Cl)cc2Cl)c1. The number of aromatic nitrogens is 1. The van der Waals surface area contributed by atoms with E-state index in [1.54, 1.807) is 42.5 Å². The van der Waals surface area contributed by atoms with E-state index in [-0.39, 0.29) is 16.8 Å². The second kappa shape index (κ2) is 7.87. The summed E-state index contributed by atoms with van der Waals surface area (Å²) in [6.45, 7) is 0. The van der Waals surface area contributed by atoms with Gasteiger partial charge in [0, 0.05) is 11.8 Å². The maximum atomic E-state index is 12.5. The van der Waals surface area contributed by atoms with Gasteiger partial charge in [-0.3, -0.25) is 4.79 Å². The lowest BCUT2D eigenvalue weighted by atomic mass is 10.1. The molecule has 3 aromatic rings. The number of carbonyl (C=O) groups excluding carboxylic acids is 1. The van der Waals surface area contributed by atoms with Gasteiger partial charge in [0.1, 0.15) is 5.02 Å². The summed E-state index contributed by atoms with van der Waals surface area (Å²) in [4.78, 5) is 16.5. The minimum atomic E-state index is -0.367. The number of anilines is 1. The molecule has 0 aliphatic heterocycles. The maximum Gasteiger partial charge on any atom is 0.255 e. The average molecular weight is 384 g/mol. The number of nitrogens with one attached hydrogen (secondary N) is 1. The van der Waals surface area contributed by atoms with Crippen LogP contribution >= 0.6 is 23.2 Å². The molecular formula is C19H11Cl2N3O2. The summed E-state index contributed by atoms with van der Waals surface area (Å²) < 4.78 is 5.71. The van der Waals surface area contributed by atoms with E-state index >= 15 is 0 Å². The molecule has 0 radical (unpaired) electrons. The third-order valence-electron chi connectivity index (χ3n) is 3.37. The van der Waals surface area contributed by atoms with E-state index in [9.17, 15) is 4.79 Å². The largest absolute Gasteiger partial charge is 0.435 e. The Morgan fingerprint density at radius 3 is 2.69 bits per heavy atom. The molecule has 0 spiro atoms. The molecule has 0 aliphatic rings. The molecule has 26 heavy (non-hydrogen) atoms. The molecule has 3 rings (SSSR count). The van der Waals surface area contributed by atoms with E-state index in [4.69, 9.17) is 33.2 Å². The Labute approximate surface area is 159 Å². The predicted octanol–water partition coefficient (Wildman–Crippen LogP) is 5.30. The van der Waals surface area contributed by atoms with Crippen LogP contribution in [0.5, 0.6) is 11.6 Å². The zero-order valence-electron chi connectivity index (χ0n) is 13.2. The Hall–Kier alpha value is -3.07. The van der Waals surface area contributed by atoms with Crippen molar-refractivity contribution in [2.45, 2.75) is 0 Å². The Bertz CT molecular complexity index is 1020. The van der Waals surface area contributed by atoms with Crippen LogP contribution in [0, 0.1) is 11.3 Å². The van der Waals surface area contributed by atoms with Crippen LogP contribution in [0.15, 0.2) is 60.8 Å². The van der Waals surface area contributed by atoms with Crippen molar-refractivity contribution in [3.8, 4) is 17.7 Å². The minimum Gasteiger partial charge on any atom is -0.435 e. The topological polar surface area (TPSA) is 75.0 Å². The number of benzene rings is 2. The zero-order valence-corrected chi connectivity index (χ0v) is 14.8. The van der Waals surface area contributed by atoms with E-state index in [2.05, 4.69) is 10.3 Å². The van der Waals surface area contributed by atoms with Crippen LogP contribution in [0.1, 0.15) is 15.9 Å². The van der Waals surface area contributed by atoms with Gasteiger partial charge in [-0.25, -0.2) is 4.98 Å². The number of carbonyl (C=O) groups is 1. The molecule has 0 bridgehead atoms. The summed E-state index contributed by atoms with van der Waals surface area (Å²) in [5.74, 6) is 0.173. The van der Waals surface area contributed by atoms with Crippen molar-refractivity contribution >= 4 is 34.8 Å². The number of para-hydroxylation sites is 2. The third-order valence-corrected chi connectivity index (χ3v) is 3.85. The van der Waals surface area contributed by atoms with Gasteiger partial charge in [-0.05, 0) is 36.4 Å². The number of rotatable bonds is 4. The predicted molar refractivity (Wildman–Crippen MR) is 99.9 cm³/mol. The summed E-state index contributed by atoms with van der Waals surface area (Å²) in [5, 5.41) is 12.4. The Morgan fingerprint density at radius 1 is 1.12 bits per heavy atom. The number of hydrogen-bond donors (Lipinski definition) is 1. The number of hydrogen-bond acceptors (Lipinski definition) is 4. The maximum absolute atomic E-state index is 12.5. The Morgan fingerprint density at radius 2 is 1.92 bits per heavy atom. The molecule has 128 valence electrons. The lowest BCUT2D eigenvalue weighted by Crippen LogP contribution is -2.12. The molecule has 0 atom stereocenters. The number of amides is 1. The molecule has 1 amide bonds. The van der Waals surface area contributed by atoms with E-state index < -0.39 is 0 Å². The molecule has 0 fully saturated rings. The lowest BCUT2D eigenvalue weighted by molar-refractivity contribution is 0.102. The number of nitrogens with zero attached hydrogens (tertiary/aromatic N) is 2. The van der Waals surface area contributed by atoms with Crippen LogP contribution < -0.4 is 10.1 Å². The van der Waals surface area contributed by atoms with E-state index in [0.717, 1.165) is 0 Å². The van der Waals surface area contributed by atoms with Gasteiger partial charge in [-0.1, -0.05) is 41.4 Å². The highest BCUT2D eigenvalue weighted by Crippen LogP contribution is 2.33. The van der Waals surface area contributed by atoms with Crippen molar-refractivity contribution in [3.05, 3.63) is 82.0 Å². The molecule has 0 saturated carbocycles. The first-order valence-electron chi connectivity index (χ1n) is 7.46. The van der Waals surface area contributed by atoms with Crippen LogP contribution in [-0.4, -0.2) is 10.9 Å². The number of pyridine rings is 1. The highest BCUT2D eigenvalue weighted by molar-refractivity contribution is 6.35. The summed E-state index contributed by atoms with van der Waals surface area (Å²) in [7, 11) is 0. The van der Waals surface area contributed by atoms with Gasteiger partial charge in [-0.2, -0.15) is 5.26 Å². The number of ether oxygens (including phenoxy) is 1. The first-order valence-corrected chi connectivity index (χ1v) is 8.22. The molecule has 1 N–H and O–H groups in total. The molecule has 0 aliphatic carbocycles. The minimum absolute atomic E-state index is 0.171. The summed E-state index contributed by atoms with van der Waals surface area (Å²) in [6, 6.07) is 16.8. The van der Waals surface area contributed by atoms with E-state index in [1.807, 2.05) is 6.07 Å². The van der Waals surface area contributed by atoms with Crippen LogP contribution in [0.3, 0.4) is 0 Å². The molecule has 0 saturated heterocycles. The van der Waals surface area contributed by atoms with Crippen molar-refractivity contribution in [1.29, 1.82) is 5.26 Å². The standard InChI is InChI=1S/C19H11Cl2N3O2/c20-14-9-15(21)19(23-11-14)26-17-7-2-1-6-16(17)24-18(25)13-5-3-4-12(8-13)10-22/h1-9,11H,(H,24,25). The van der Waals surface area contributed by atoms with Crippen LogP contribution in [0.25, 0.3) is 0 Å². The smallest absolute Gasteiger partial charge is 0.255 e. The first-order chi connectivity index (χ1) is 12.6. The van der Waals surface area contributed by atoms with Crippen LogP contribution in [0.2, 0.25) is 10.0 Å². The monoisotopic (exact) mass is 383 g/mol. The number of halogens is 2. The van der Waals surface area contributed by atoms with Gasteiger partial charge in [0.15, 0.2) is 5.75 Å². The third kappa shape index (κ3) is 4.12. The van der Waals surface area contributed by atoms with Gasteiger partial charge in [0.05, 0.1) is 22.3 Å². The highest BCUT2D eigenvalue weighted by atomic mass is 35.5. The van der Waals surface area contributed by atoms with Crippen molar-refractivity contribution in [3.63, 3.8) is 0 Å². The molecule has 2 aromatic carbocycles. The van der Waals surface area contributed by atoms with Crippen LogP contribution in [0.4, 0.5) is 5.69 Å². The lowest BCUT2D eigenvalue weighted by Gasteiger charge is -2.12. The molecular weight excluding hydrogens is 373 g/mol. The van der Waals surface area contributed by atoms with Crippen molar-refractivity contribution in [2.24, 2.45) is 0 Å².